The van der Waals surface area contributed by atoms with Crippen molar-refractivity contribution in [1.29, 1.82) is 0 Å². The molecule has 5 aliphatic rings. The molecule has 1 aromatic carbocycles. The Labute approximate surface area is 182 Å². The minimum absolute atomic E-state index is 0.0380. The largest absolute Gasteiger partial charge is 0.504 e. The van der Waals surface area contributed by atoms with Gasteiger partial charge in [-0.2, -0.15) is 0 Å². The molecule has 3 aliphatic carbocycles. The third-order valence-electron chi connectivity index (χ3n) is 8.83. The maximum absolute atomic E-state index is 11.1. The Balaban J connectivity index is 1.45. The summed E-state index contributed by atoms with van der Waals surface area (Å²) in [5.41, 5.74) is 1.78. The summed E-state index contributed by atoms with van der Waals surface area (Å²) in [5, 5.41) is 23.3. The van der Waals surface area contributed by atoms with Crippen LogP contribution in [0.25, 0.3) is 0 Å². The van der Waals surface area contributed by atoms with Crippen molar-refractivity contribution in [1.82, 2.24) is 10.2 Å². The number of hydrogen-bond donors (Lipinski definition) is 3. The predicted octanol–water partition coefficient (Wildman–Crippen LogP) is 2.04. The van der Waals surface area contributed by atoms with Gasteiger partial charge in [0.05, 0.1) is 17.4 Å². The van der Waals surface area contributed by atoms with Crippen LogP contribution in [-0.4, -0.2) is 71.6 Å². The van der Waals surface area contributed by atoms with E-state index in [0.717, 1.165) is 50.3 Å². The quantitative estimate of drug-likeness (QED) is 0.612. The number of phenolic OH excluding ortho intramolecular Hbond substituents is 1. The Bertz CT molecular complexity index is 917. The summed E-state index contributed by atoms with van der Waals surface area (Å²) in [5.74, 6) is 0.861. The zero-order valence-electron chi connectivity index (χ0n) is 18.1. The molecule has 7 nitrogen and oxygen atoms in total. The van der Waals surface area contributed by atoms with Gasteiger partial charge in [-0.3, -0.25) is 9.69 Å². The highest BCUT2D eigenvalue weighted by molar-refractivity contribution is 5.67. The van der Waals surface area contributed by atoms with Crippen molar-refractivity contribution in [2.45, 2.75) is 74.1 Å². The average Bonchev–Trinajstić information content (AvgIpc) is 3.49. The van der Waals surface area contributed by atoms with Crippen molar-refractivity contribution in [3.63, 3.8) is 0 Å². The van der Waals surface area contributed by atoms with Gasteiger partial charge in [0.25, 0.3) is 0 Å². The van der Waals surface area contributed by atoms with Gasteiger partial charge < -0.3 is 25.0 Å². The van der Waals surface area contributed by atoms with Gasteiger partial charge in [-0.1, -0.05) is 6.07 Å². The highest BCUT2D eigenvalue weighted by Gasteiger charge is 2.73. The van der Waals surface area contributed by atoms with Gasteiger partial charge in [-0.25, -0.2) is 0 Å². The zero-order chi connectivity index (χ0) is 21.4. The summed E-state index contributed by atoms with van der Waals surface area (Å²) < 4.78 is 13.1. The van der Waals surface area contributed by atoms with Crippen molar-refractivity contribution in [3.05, 3.63) is 23.3 Å². The monoisotopic (exact) mass is 428 g/mol. The lowest BCUT2D eigenvalue weighted by Crippen LogP contribution is -2.78. The minimum Gasteiger partial charge on any atom is -0.504 e. The van der Waals surface area contributed by atoms with Crippen LogP contribution in [0.3, 0.4) is 0 Å². The van der Waals surface area contributed by atoms with Crippen LogP contribution in [0.4, 0.5) is 0 Å². The lowest BCUT2D eigenvalue weighted by atomic mass is 9.48. The number of nitrogens with zero attached hydrogens (tertiary/aromatic N) is 1. The van der Waals surface area contributed by atoms with Crippen molar-refractivity contribution in [2.24, 2.45) is 5.92 Å². The normalized spacial score (nSPS) is 37.9. The molecule has 5 atom stereocenters. The Morgan fingerprint density at radius 3 is 2.90 bits per heavy atom. The van der Waals surface area contributed by atoms with Crippen LogP contribution in [0.1, 0.15) is 49.7 Å². The number of carboxylic acid groups (broad SMARTS) is 1. The van der Waals surface area contributed by atoms with Gasteiger partial charge in [-0.05, 0) is 62.6 Å². The van der Waals surface area contributed by atoms with Crippen LogP contribution in [0.15, 0.2) is 12.1 Å². The van der Waals surface area contributed by atoms with Gasteiger partial charge in [0.1, 0.15) is 6.10 Å². The first-order valence-corrected chi connectivity index (χ1v) is 11.8. The molecule has 1 saturated heterocycles. The van der Waals surface area contributed by atoms with Crippen molar-refractivity contribution in [2.75, 3.05) is 26.7 Å². The Morgan fingerprint density at radius 2 is 2.16 bits per heavy atom. The number of phenols is 1. The number of nitrogens with one attached hydrogen (secondary N) is 1. The molecule has 6 rings (SSSR count). The molecule has 0 amide bonds. The van der Waals surface area contributed by atoms with E-state index in [1.165, 1.54) is 18.4 Å². The van der Waals surface area contributed by atoms with Crippen molar-refractivity contribution >= 4 is 5.97 Å². The molecule has 31 heavy (non-hydrogen) atoms. The second-order valence-electron chi connectivity index (χ2n) is 10.2. The number of ether oxygens (including phenoxy) is 2. The lowest BCUT2D eigenvalue weighted by Gasteiger charge is -2.65. The molecule has 168 valence electrons. The Kier molecular flexibility index (Phi) is 4.37. The number of rotatable bonds is 7. The van der Waals surface area contributed by atoms with Crippen LogP contribution >= 0.6 is 0 Å². The first-order chi connectivity index (χ1) is 15.0. The third kappa shape index (κ3) is 2.60. The zero-order valence-corrected chi connectivity index (χ0v) is 18.1. The van der Waals surface area contributed by atoms with Crippen LogP contribution in [0.5, 0.6) is 11.5 Å². The second-order valence-corrected chi connectivity index (χ2v) is 10.2. The first kappa shape index (κ1) is 19.8. The van der Waals surface area contributed by atoms with Crippen LogP contribution in [0.2, 0.25) is 0 Å². The number of likely N-dealkylation sites (tertiary alicyclic amines) is 1. The molecule has 3 fully saturated rings. The van der Waals surface area contributed by atoms with E-state index in [1.54, 1.807) is 6.07 Å². The van der Waals surface area contributed by atoms with Crippen LogP contribution in [0, 0.1) is 5.92 Å². The number of carbonyl (C=O) groups is 1. The number of methoxy groups -OCH3 is 1. The number of carboxylic acids is 1. The standard InChI is InChI=1S/C24H32N2O5/c1-30-24-8-6-16(25-10-7-19(28)29)22-23(24)9-11-26(13-14-2-3-14)18(24)12-15-4-5-17(27)21(31-22)20(15)23/h4-5,14,16,18,22,25,27H,2-3,6-13H2,1H3,(H,28,29)/t16-,18+,22-,23-,24+/m0/s1. The van der Waals surface area contributed by atoms with E-state index in [-0.39, 0.29) is 35.3 Å². The fourth-order valence-electron chi connectivity index (χ4n) is 7.44. The van der Waals surface area contributed by atoms with E-state index in [4.69, 9.17) is 14.6 Å². The molecule has 0 aromatic heterocycles. The Morgan fingerprint density at radius 1 is 1.32 bits per heavy atom. The molecule has 2 aliphatic heterocycles. The second kappa shape index (κ2) is 6.83. The molecular weight excluding hydrogens is 396 g/mol. The molecule has 2 bridgehead atoms. The maximum atomic E-state index is 11.1. The summed E-state index contributed by atoms with van der Waals surface area (Å²) in [4.78, 5) is 13.7. The Hall–Kier alpha value is -1.83. The molecule has 7 heteroatoms. The summed E-state index contributed by atoms with van der Waals surface area (Å²) in [7, 11) is 1.86. The maximum Gasteiger partial charge on any atom is 0.304 e. The van der Waals surface area contributed by atoms with Gasteiger partial charge in [0, 0.05) is 37.8 Å². The number of hydrogen-bond acceptors (Lipinski definition) is 6. The molecule has 2 saturated carbocycles. The number of benzene rings is 1. The highest BCUT2D eigenvalue weighted by atomic mass is 16.5. The summed E-state index contributed by atoms with van der Waals surface area (Å²) >= 11 is 0. The van der Waals surface area contributed by atoms with Gasteiger partial charge >= 0.3 is 5.97 Å². The molecule has 3 N–H and O–H groups in total. The molecule has 2 heterocycles. The molecule has 1 aromatic rings. The third-order valence-corrected chi connectivity index (χ3v) is 8.83. The fourth-order valence-corrected chi connectivity index (χ4v) is 7.44. The van der Waals surface area contributed by atoms with E-state index in [2.05, 4.69) is 16.3 Å². The average molecular weight is 429 g/mol. The van der Waals surface area contributed by atoms with E-state index >= 15 is 0 Å². The van der Waals surface area contributed by atoms with E-state index in [9.17, 15) is 9.90 Å². The van der Waals surface area contributed by atoms with E-state index in [1.807, 2.05) is 7.11 Å². The van der Waals surface area contributed by atoms with Gasteiger partial charge in [-0.15, -0.1) is 0 Å². The topological polar surface area (TPSA) is 91.3 Å². The smallest absolute Gasteiger partial charge is 0.304 e. The molecule has 0 radical (unpaired) electrons. The number of aliphatic carboxylic acids is 1. The van der Waals surface area contributed by atoms with Crippen LogP contribution < -0.4 is 10.1 Å². The van der Waals surface area contributed by atoms with E-state index < -0.39 is 5.97 Å². The lowest BCUT2D eigenvalue weighted by molar-refractivity contribution is -0.207. The summed E-state index contributed by atoms with van der Waals surface area (Å²) in [6.45, 7) is 2.59. The van der Waals surface area contributed by atoms with Crippen molar-refractivity contribution < 1.29 is 24.5 Å². The highest BCUT2D eigenvalue weighted by Crippen LogP contribution is 2.66. The fraction of sp³-hybridized carbons (Fsp3) is 0.708. The first-order valence-electron chi connectivity index (χ1n) is 11.8. The van der Waals surface area contributed by atoms with Gasteiger partial charge in [0.2, 0.25) is 0 Å². The predicted molar refractivity (Wildman–Crippen MR) is 114 cm³/mol. The van der Waals surface area contributed by atoms with Crippen molar-refractivity contribution in [3.8, 4) is 11.5 Å². The molecule has 0 unspecified atom stereocenters. The van der Waals surface area contributed by atoms with Gasteiger partial charge in [0.15, 0.2) is 11.5 Å². The number of piperidine rings is 1. The minimum atomic E-state index is -0.797. The summed E-state index contributed by atoms with van der Waals surface area (Å²) in [6, 6.07) is 4.20. The molecular formula is C24H32N2O5. The van der Waals surface area contributed by atoms with Crippen LogP contribution in [-0.2, 0) is 21.4 Å². The number of aromatic hydroxyl groups is 1. The molecule has 1 spiro atoms. The summed E-state index contributed by atoms with van der Waals surface area (Å²) in [6.07, 6.45) is 6.25. The SMILES string of the molecule is CO[C@@]12CC[C@H](NCCC(=O)O)[C@@H]3Oc4c(O)ccc5c4[C@@]31CCN(CC1CC1)[C@@H]2C5. The van der Waals surface area contributed by atoms with E-state index in [0.29, 0.717) is 18.3 Å².